The maximum Gasteiger partial charge on any atom is 0.207 e. The lowest BCUT2D eigenvalue weighted by molar-refractivity contribution is -0.184. The van der Waals surface area contributed by atoms with Gasteiger partial charge in [0.2, 0.25) is 6.41 Å². The van der Waals surface area contributed by atoms with E-state index in [0.29, 0.717) is 43.5 Å². The summed E-state index contributed by atoms with van der Waals surface area (Å²) in [6.45, 7) is 5.45. The van der Waals surface area contributed by atoms with Crippen LogP contribution in [0.15, 0.2) is 30.3 Å². The molecule has 1 aliphatic heterocycles. The van der Waals surface area contributed by atoms with Crippen LogP contribution in [0, 0.1) is 13.8 Å². The summed E-state index contributed by atoms with van der Waals surface area (Å²) in [7, 11) is 0. The van der Waals surface area contributed by atoms with E-state index >= 15 is 0 Å². The maximum absolute atomic E-state index is 10.3. The molecule has 0 radical (unpaired) electrons. The molecule has 1 aliphatic rings. The summed E-state index contributed by atoms with van der Waals surface area (Å²) in [5.41, 5.74) is 4.27. The lowest BCUT2D eigenvalue weighted by Crippen LogP contribution is -2.46. The number of hydrogen-bond acceptors (Lipinski definition) is 4. The van der Waals surface area contributed by atoms with Crippen LogP contribution in [0.25, 0.3) is 0 Å². The van der Waals surface area contributed by atoms with Gasteiger partial charge in [0.1, 0.15) is 18.0 Å². The van der Waals surface area contributed by atoms with Crippen LogP contribution in [0.4, 0.5) is 0 Å². The van der Waals surface area contributed by atoms with Crippen molar-refractivity contribution in [1.29, 1.82) is 0 Å². The largest absolute Gasteiger partial charge is 0.490 e. The van der Waals surface area contributed by atoms with Crippen LogP contribution < -0.4 is 10.1 Å². The van der Waals surface area contributed by atoms with Crippen molar-refractivity contribution in [2.75, 3.05) is 26.4 Å². The number of carbonyl (C=O) groups excluding carboxylic acids is 1. The van der Waals surface area contributed by atoms with Crippen molar-refractivity contribution in [1.82, 2.24) is 5.32 Å². The fraction of sp³-hybridized carbons (Fsp3) is 0.381. The molecule has 0 saturated carbocycles. The Morgan fingerprint density at radius 1 is 1.30 bits per heavy atom. The number of benzene rings is 2. The molecule has 0 atom stereocenters. The van der Waals surface area contributed by atoms with E-state index in [2.05, 4.69) is 11.4 Å². The van der Waals surface area contributed by atoms with Crippen LogP contribution in [0.5, 0.6) is 5.75 Å². The summed E-state index contributed by atoms with van der Waals surface area (Å²) in [4.78, 5) is 10.3. The number of aliphatic hydroxyl groups is 1. The molecule has 5 nitrogen and oxygen atoms in total. The lowest BCUT2D eigenvalue weighted by atomic mass is 9.90. The maximum atomic E-state index is 10.3. The smallest absolute Gasteiger partial charge is 0.207 e. The Hall–Kier alpha value is -2.08. The molecule has 3 rings (SSSR count). The average Bonchev–Trinajstić information content (AvgIpc) is 2.64. The van der Waals surface area contributed by atoms with Crippen LogP contribution in [-0.2, 0) is 21.6 Å². The molecule has 6 heteroatoms. The zero-order chi connectivity index (χ0) is 19.4. The number of rotatable bonds is 8. The Balaban J connectivity index is 1.74. The predicted molar refractivity (Wildman–Crippen MR) is 104 cm³/mol. The average molecular weight is 390 g/mol. The van der Waals surface area contributed by atoms with E-state index < -0.39 is 5.60 Å². The van der Waals surface area contributed by atoms with E-state index in [1.165, 1.54) is 0 Å². The van der Waals surface area contributed by atoms with E-state index in [1.54, 1.807) is 0 Å². The Morgan fingerprint density at radius 2 is 2.00 bits per heavy atom. The van der Waals surface area contributed by atoms with E-state index in [-0.39, 0.29) is 0 Å². The molecule has 1 amide bonds. The second-order valence-electron chi connectivity index (χ2n) is 6.94. The minimum Gasteiger partial charge on any atom is -0.490 e. The third-order valence-electron chi connectivity index (χ3n) is 4.90. The van der Waals surface area contributed by atoms with Crippen molar-refractivity contribution >= 4 is 18.0 Å². The number of nitrogens with one attached hydrogen (secondary N) is 1. The second kappa shape index (κ2) is 8.30. The van der Waals surface area contributed by atoms with Gasteiger partial charge in [0.15, 0.2) is 0 Å². The molecule has 0 aromatic heterocycles. The normalized spacial score (nSPS) is 15.1. The Bertz CT molecular complexity index is 816. The van der Waals surface area contributed by atoms with Crippen molar-refractivity contribution < 1.29 is 19.4 Å². The van der Waals surface area contributed by atoms with Gasteiger partial charge in [-0.05, 0) is 48.1 Å². The van der Waals surface area contributed by atoms with Crippen LogP contribution >= 0.6 is 11.6 Å². The summed E-state index contributed by atoms with van der Waals surface area (Å²) in [5.74, 6) is 0.660. The number of halogens is 1. The van der Waals surface area contributed by atoms with Crippen LogP contribution in [0.2, 0.25) is 5.02 Å². The van der Waals surface area contributed by atoms with Crippen LogP contribution in [-0.4, -0.2) is 37.9 Å². The molecular weight excluding hydrogens is 366 g/mol. The summed E-state index contributed by atoms with van der Waals surface area (Å²) < 4.78 is 10.8. The first-order valence-corrected chi connectivity index (χ1v) is 9.30. The fourth-order valence-corrected chi connectivity index (χ4v) is 3.49. The molecule has 144 valence electrons. The van der Waals surface area contributed by atoms with E-state index in [0.717, 1.165) is 34.2 Å². The molecule has 0 aliphatic carbocycles. The van der Waals surface area contributed by atoms with Gasteiger partial charge in [-0.1, -0.05) is 41.9 Å². The standard InChI is InChI=1S/C21H24ClNO4/c1-14-9-17(15(2)19(22)20(14)27-8-7-23-13-24)10-16-3-5-18(6-4-16)21(25)11-26-12-21/h3-6,9,13,25H,7-8,10-12H2,1-2H3,(H,23,24). The lowest BCUT2D eigenvalue weighted by Gasteiger charge is -2.36. The summed E-state index contributed by atoms with van der Waals surface area (Å²) in [6, 6.07) is 10.1. The molecule has 1 fully saturated rings. The summed E-state index contributed by atoms with van der Waals surface area (Å²) in [5, 5.41) is 13.5. The summed E-state index contributed by atoms with van der Waals surface area (Å²) in [6.07, 6.45) is 1.39. The van der Waals surface area contributed by atoms with E-state index in [9.17, 15) is 9.90 Å². The van der Waals surface area contributed by atoms with Gasteiger partial charge < -0.3 is 19.9 Å². The van der Waals surface area contributed by atoms with E-state index in [4.69, 9.17) is 21.1 Å². The first-order valence-electron chi connectivity index (χ1n) is 8.92. The number of ether oxygens (including phenoxy) is 2. The van der Waals surface area contributed by atoms with Gasteiger partial charge in [0.25, 0.3) is 0 Å². The molecule has 2 aromatic rings. The van der Waals surface area contributed by atoms with Gasteiger partial charge >= 0.3 is 0 Å². The van der Waals surface area contributed by atoms with Gasteiger partial charge in [-0.2, -0.15) is 0 Å². The van der Waals surface area contributed by atoms with Crippen molar-refractivity contribution in [3.8, 4) is 5.75 Å². The minimum atomic E-state index is -0.841. The van der Waals surface area contributed by atoms with Crippen LogP contribution in [0.1, 0.15) is 27.8 Å². The highest BCUT2D eigenvalue weighted by Crippen LogP contribution is 2.35. The molecule has 1 heterocycles. The molecule has 27 heavy (non-hydrogen) atoms. The fourth-order valence-electron chi connectivity index (χ4n) is 3.17. The van der Waals surface area contributed by atoms with Gasteiger partial charge in [-0.15, -0.1) is 0 Å². The van der Waals surface area contributed by atoms with Gasteiger partial charge in [0, 0.05) is 0 Å². The third-order valence-corrected chi connectivity index (χ3v) is 5.36. The quantitative estimate of drug-likeness (QED) is 0.538. The predicted octanol–water partition coefficient (Wildman–Crippen LogP) is 2.89. The first kappa shape index (κ1) is 19.7. The molecule has 2 N–H and O–H groups in total. The second-order valence-corrected chi connectivity index (χ2v) is 7.32. The SMILES string of the molecule is Cc1cc(Cc2ccc(C3(O)COC3)cc2)c(C)c(Cl)c1OCCNC=O. The van der Waals surface area contributed by atoms with Gasteiger partial charge in [-0.3, -0.25) is 4.79 Å². The molecule has 0 bridgehead atoms. The minimum absolute atomic E-state index is 0.351. The van der Waals surface area contributed by atoms with Gasteiger partial charge in [-0.25, -0.2) is 0 Å². The summed E-state index contributed by atoms with van der Waals surface area (Å²) >= 11 is 6.53. The Morgan fingerprint density at radius 3 is 2.59 bits per heavy atom. The van der Waals surface area contributed by atoms with E-state index in [1.807, 2.05) is 38.1 Å². The van der Waals surface area contributed by atoms with Gasteiger partial charge in [0.05, 0.1) is 24.8 Å². The van der Waals surface area contributed by atoms with Crippen molar-refractivity contribution in [3.05, 3.63) is 63.2 Å². The highest BCUT2D eigenvalue weighted by molar-refractivity contribution is 6.33. The molecule has 0 spiro atoms. The zero-order valence-corrected chi connectivity index (χ0v) is 16.3. The number of carbonyl (C=O) groups is 1. The molecule has 0 unspecified atom stereocenters. The van der Waals surface area contributed by atoms with Crippen molar-refractivity contribution in [2.24, 2.45) is 0 Å². The molecule has 1 saturated heterocycles. The molecule has 2 aromatic carbocycles. The Labute approximate surface area is 164 Å². The zero-order valence-electron chi connectivity index (χ0n) is 15.5. The Kier molecular flexibility index (Phi) is 6.05. The monoisotopic (exact) mass is 389 g/mol. The highest BCUT2D eigenvalue weighted by atomic mass is 35.5. The van der Waals surface area contributed by atoms with Crippen LogP contribution in [0.3, 0.4) is 0 Å². The van der Waals surface area contributed by atoms with Crippen molar-refractivity contribution in [2.45, 2.75) is 25.9 Å². The molecular formula is C21H24ClNO4. The highest BCUT2D eigenvalue weighted by Gasteiger charge is 2.37. The number of amides is 1. The number of aryl methyl sites for hydroxylation is 1. The number of hydrogen-bond donors (Lipinski definition) is 2. The topological polar surface area (TPSA) is 67.8 Å². The van der Waals surface area contributed by atoms with Crippen molar-refractivity contribution in [3.63, 3.8) is 0 Å². The first-order chi connectivity index (χ1) is 12.9. The third kappa shape index (κ3) is 4.26.